The largest absolute Gasteiger partial charge is 0.314 e. The van der Waals surface area contributed by atoms with Gasteiger partial charge in [-0.3, -0.25) is 0 Å². The molecule has 1 nitrogen and oxygen atoms in total. The molecule has 232 valence electrons. The summed E-state index contributed by atoms with van der Waals surface area (Å²) in [5.41, 5.74) is 7.02. The second-order valence-electron chi connectivity index (χ2n) is 13.0. The normalized spacial score (nSPS) is 12.8. The van der Waals surface area contributed by atoms with Crippen molar-refractivity contribution in [2.24, 2.45) is 0 Å². The van der Waals surface area contributed by atoms with E-state index >= 15 is 0 Å². The maximum Gasteiger partial charge on any atom is 0.140 e. The Labute approximate surface area is 286 Å². The minimum atomic E-state index is -2.77. The number of benzene rings is 9. The molecule has 1 atom stereocenters. The summed E-state index contributed by atoms with van der Waals surface area (Å²) >= 11 is 0. The molecule has 0 aliphatic carbocycles. The lowest BCUT2D eigenvalue weighted by Crippen LogP contribution is -2.14. The first-order chi connectivity index (χ1) is 24.0. The molecule has 0 aliphatic heterocycles. The van der Waals surface area contributed by atoms with Crippen molar-refractivity contribution < 1.29 is 4.57 Å². The van der Waals surface area contributed by atoms with Crippen molar-refractivity contribution in [1.82, 2.24) is 0 Å². The van der Waals surface area contributed by atoms with Gasteiger partial charge in [-0.05, 0) is 107 Å². The maximum absolute atomic E-state index is 14.2. The maximum atomic E-state index is 14.2. The molecule has 9 aromatic carbocycles. The Morgan fingerprint density at radius 3 is 1.43 bits per heavy atom. The monoisotopic (exact) mass is 644 g/mol. The fourth-order valence-electron chi connectivity index (χ4n) is 7.48. The average Bonchev–Trinajstić information content (AvgIpc) is 3.16. The van der Waals surface area contributed by atoms with Gasteiger partial charge in [0.05, 0.1) is 0 Å². The zero-order valence-electron chi connectivity index (χ0n) is 27.2. The molecule has 0 spiro atoms. The topological polar surface area (TPSA) is 17.1 Å². The fraction of sp³-hybridized carbons (Fsp3) is 0.0213. The summed E-state index contributed by atoms with van der Waals surface area (Å²) in [4.78, 5) is 0. The second kappa shape index (κ2) is 11.7. The van der Waals surface area contributed by atoms with Crippen molar-refractivity contribution in [3.63, 3.8) is 0 Å². The van der Waals surface area contributed by atoms with Crippen molar-refractivity contribution in [3.8, 4) is 33.4 Å². The Morgan fingerprint density at radius 2 is 0.796 bits per heavy atom. The summed E-state index contributed by atoms with van der Waals surface area (Å²) in [5.74, 6) is 0. The Hall–Kier alpha value is -5.75. The summed E-state index contributed by atoms with van der Waals surface area (Å²) in [5, 5.41) is 11.5. The van der Waals surface area contributed by atoms with E-state index in [4.69, 9.17) is 0 Å². The summed E-state index contributed by atoms with van der Waals surface area (Å²) in [6, 6.07) is 64.6. The Kier molecular flexibility index (Phi) is 7.04. The van der Waals surface area contributed by atoms with Gasteiger partial charge in [0.25, 0.3) is 0 Å². The second-order valence-corrected chi connectivity index (χ2v) is 15.9. The highest BCUT2D eigenvalue weighted by atomic mass is 31.2. The van der Waals surface area contributed by atoms with Crippen LogP contribution in [-0.2, 0) is 4.57 Å². The molecule has 49 heavy (non-hydrogen) atoms. The van der Waals surface area contributed by atoms with Crippen molar-refractivity contribution in [2.45, 2.75) is 0 Å². The van der Waals surface area contributed by atoms with Crippen LogP contribution < -0.4 is 10.6 Å². The summed E-state index contributed by atoms with van der Waals surface area (Å²) in [6.45, 7) is 1.88. The number of fused-ring (bicyclic) bond motifs is 4. The predicted molar refractivity (Wildman–Crippen MR) is 212 cm³/mol. The first kappa shape index (κ1) is 29.4. The quantitative estimate of drug-likeness (QED) is 0.135. The van der Waals surface area contributed by atoms with Gasteiger partial charge in [-0.2, -0.15) is 0 Å². The minimum Gasteiger partial charge on any atom is -0.314 e. The molecule has 1 unspecified atom stereocenters. The fourth-order valence-corrected chi connectivity index (χ4v) is 9.28. The van der Waals surface area contributed by atoms with Gasteiger partial charge in [-0.25, -0.2) is 0 Å². The van der Waals surface area contributed by atoms with Crippen LogP contribution in [0.25, 0.3) is 76.5 Å². The molecule has 0 heterocycles. The van der Waals surface area contributed by atoms with Crippen molar-refractivity contribution in [2.75, 3.05) is 6.66 Å². The SMILES string of the molecule is CP(=O)(c1ccccc1)c1cccc(-c2ccc3c(-c4ccc5ccccc5c4)c4ccccc4c(-c4ccc5ccccc5c4)c3c2)c1. The predicted octanol–water partition coefficient (Wildman–Crippen LogP) is 12.2. The van der Waals surface area contributed by atoms with Gasteiger partial charge in [-0.1, -0.05) is 158 Å². The van der Waals surface area contributed by atoms with Crippen molar-refractivity contribution in [3.05, 3.63) is 182 Å². The van der Waals surface area contributed by atoms with Crippen LogP contribution in [0.5, 0.6) is 0 Å². The van der Waals surface area contributed by atoms with Crippen LogP contribution in [0.2, 0.25) is 0 Å². The molecular formula is C47H33OP. The van der Waals surface area contributed by atoms with Gasteiger partial charge in [0, 0.05) is 10.6 Å². The first-order valence-corrected chi connectivity index (χ1v) is 18.9. The van der Waals surface area contributed by atoms with Gasteiger partial charge >= 0.3 is 0 Å². The van der Waals surface area contributed by atoms with Gasteiger partial charge < -0.3 is 4.57 Å². The number of rotatable bonds is 5. The van der Waals surface area contributed by atoms with Crippen molar-refractivity contribution >= 4 is 60.8 Å². The molecule has 0 N–H and O–H groups in total. The van der Waals surface area contributed by atoms with E-state index in [-0.39, 0.29) is 0 Å². The summed E-state index contributed by atoms with van der Waals surface area (Å²) < 4.78 is 14.2. The zero-order chi connectivity index (χ0) is 33.0. The zero-order valence-corrected chi connectivity index (χ0v) is 28.1. The van der Waals surface area contributed by atoms with Gasteiger partial charge in [0.1, 0.15) is 7.14 Å². The third-order valence-corrected chi connectivity index (χ3v) is 12.6. The molecule has 0 bridgehead atoms. The lowest BCUT2D eigenvalue weighted by molar-refractivity contribution is 0.590. The van der Waals surface area contributed by atoms with E-state index in [1.807, 2.05) is 49.1 Å². The van der Waals surface area contributed by atoms with Crippen LogP contribution in [0.1, 0.15) is 0 Å². The van der Waals surface area contributed by atoms with E-state index < -0.39 is 7.14 Å². The number of hydrogen-bond donors (Lipinski definition) is 0. The lowest BCUT2D eigenvalue weighted by atomic mass is 9.84. The Bertz CT molecular complexity index is 2760. The van der Waals surface area contributed by atoms with Crippen LogP contribution >= 0.6 is 7.14 Å². The molecule has 0 fully saturated rings. The molecule has 0 amide bonds. The smallest absolute Gasteiger partial charge is 0.140 e. The van der Waals surface area contributed by atoms with Crippen LogP contribution in [0, 0.1) is 0 Å². The average molecular weight is 645 g/mol. The molecular weight excluding hydrogens is 611 g/mol. The third-order valence-electron chi connectivity index (χ3n) is 10.0. The number of hydrogen-bond acceptors (Lipinski definition) is 1. The van der Waals surface area contributed by atoms with Crippen LogP contribution in [0.4, 0.5) is 0 Å². The Morgan fingerprint density at radius 1 is 0.327 bits per heavy atom. The van der Waals surface area contributed by atoms with E-state index in [0.29, 0.717) is 0 Å². The summed E-state index contributed by atoms with van der Waals surface area (Å²) in [7, 11) is -2.77. The molecule has 0 aromatic heterocycles. The van der Waals surface area contributed by atoms with E-state index in [2.05, 4.69) is 140 Å². The highest BCUT2D eigenvalue weighted by Gasteiger charge is 2.22. The van der Waals surface area contributed by atoms with E-state index in [0.717, 1.165) is 21.7 Å². The molecule has 0 radical (unpaired) electrons. The van der Waals surface area contributed by atoms with E-state index in [1.54, 1.807) is 0 Å². The molecule has 2 heteroatoms. The summed E-state index contributed by atoms with van der Waals surface area (Å²) in [6.07, 6.45) is 0. The van der Waals surface area contributed by atoms with Gasteiger partial charge in [0.2, 0.25) is 0 Å². The molecule has 9 rings (SSSR count). The minimum absolute atomic E-state index is 0.862. The lowest BCUT2D eigenvalue weighted by Gasteiger charge is -2.20. The molecule has 0 saturated carbocycles. The third kappa shape index (κ3) is 5.06. The first-order valence-electron chi connectivity index (χ1n) is 16.8. The molecule has 9 aromatic rings. The van der Waals surface area contributed by atoms with Crippen LogP contribution in [0.15, 0.2) is 182 Å². The molecule has 0 saturated heterocycles. The van der Waals surface area contributed by atoms with Crippen LogP contribution in [-0.4, -0.2) is 6.66 Å². The van der Waals surface area contributed by atoms with E-state index in [1.165, 1.54) is 65.3 Å². The van der Waals surface area contributed by atoms with Gasteiger partial charge in [-0.15, -0.1) is 0 Å². The standard InChI is InChI=1S/C47H33OP/c1-49(48,40-17-3-2-4-18-40)41-19-11-16-36(30-41)37-26-27-44-45(31-37)47(39-25-23-33-13-6-8-15-35(33)29-39)43-21-10-9-20-42(43)46(44)38-24-22-32-12-5-7-14-34(32)28-38/h2-31H,1H3. The van der Waals surface area contributed by atoms with E-state index in [9.17, 15) is 4.57 Å². The highest BCUT2D eigenvalue weighted by Crippen LogP contribution is 2.46. The van der Waals surface area contributed by atoms with Crippen LogP contribution in [0.3, 0.4) is 0 Å². The van der Waals surface area contributed by atoms with Crippen molar-refractivity contribution in [1.29, 1.82) is 0 Å². The molecule has 0 aliphatic rings. The highest BCUT2D eigenvalue weighted by molar-refractivity contribution is 7.78. The van der Waals surface area contributed by atoms with Gasteiger partial charge in [0.15, 0.2) is 0 Å². The Balaban J connectivity index is 1.33.